The van der Waals surface area contributed by atoms with Crippen LogP contribution in [0.1, 0.15) is 412 Å². The van der Waals surface area contributed by atoms with E-state index in [0.29, 0.717) is 12.2 Å². The van der Waals surface area contributed by atoms with Gasteiger partial charge in [-0.3, -0.25) is 9.59 Å². The van der Waals surface area contributed by atoms with Crippen molar-refractivity contribution in [2.45, 2.75) is 418 Å². The molecule has 1 amide bonds. The summed E-state index contributed by atoms with van der Waals surface area (Å²) in [5.41, 5.74) is 0. The Labute approximate surface area is 466 Å². The molecule has 0 rings (SSSR count). The van der Waals surface area contributed by atoms with Gasteiger partial charge in [-0.2, -0.15) is 0 Å². The van der Waals surface area contributed by atoms with Gasteiger partial charge in [-0.1, -0.05) is 353 Å². The minimum Gasteiger partial charge on any atom is -0.394 e. The zero-order valence-corrected chi connectivity index (χ0v) is 51.0. The molecule has 74 heavy (non-hydrogen) atoms. The highest BCUT2D eigenvalue weighted by atomic mass is 16.3. The van der Waals surface area contributed by atoms with E-state index < -0.39 is 0 Å². The quantitative estimate of drug-likeness (QED) is 0.0471. The van der Waals surface area contributed by atoms with E-state index in [1.165, 1.54) is 340 Å². The van der Waals surface area contributed by atoms with E-state index in [1.807, 2.05) is 0 Å². The lowest BCUT2D eigenvalue weighted by molar-refractivity contribution is -0.122. The molecule has 0 aromatic rings. The molecule has 0 saturated heterocycles. The lowest BCUT2D eigenvalue weighted by atomic mass is 10.0. The summed E-state index contributed by atoms with van der Waals surface area (Å²) in [6, 6.07) is -0.0594. The SMILES string of the molecule is CCCCCCCCC=CCCCCCCCCCCCC(=O)CCCCCCCCCCCCCCCCCCCCCCCCCCCCCC(=O)N[C@@H](CO)CCCCCCCCCCCCCCCC. The number of aliphatic hydroxyl groups excluding tert-OH is 1. The van der Waals surface area contributed by atoms with E-state index in [-0.39, 0.29) is 18.6 Å². The van der Waals surface area contributed by atoms with Crippen molar-refractivity contribution in [2.24, 2.45) is 0 Å². The van der Waals surface area contributed by atoms with Gasteiger partial charge in [0.05, 0.1) is 12.6 Å². The molecule has 0 aliphatic heterocycles. The highest BCUT2D eigenvalue weighted by Crippen LogP contribution is 2.19. The van der Waals surface area contributed by atoms with E-state index in [0.717, 1.165) is 51.4 Å². The Morgan fingerprint density at radius 2 is 0.514 bits per heavy atom. The average Bonchev–Trinajstić information content (AvgIpc) is 3.40. The Bertz CT molecular complexity index is 1090. The molecule has 2 N–H and O–H groups in total. The van der Waals surface area contributed by atoms with Crippen LogP contribution in [0, 0.1) is 0 Å². The van der Waals surface area contributed by atoms with Crippen molar-refractivity contribution in [1.29, 1.82) is 0 Å². The molecule has 4 heteroatoms. The second-order valence-electron chi connectivity index (χ2n) is 24.2. The molecule has 0 heterocycles. The van der Waals surface area contributed by atoms with Crippen LogP contribution < -0.4 is 5.32 Å². The summed E-state index contributed by atoms with van der Waals surface area (Å²) >= 11 is 0. The third-order valence-electron chi connectivity index (χ3n) is 16.6. The Hall–Kier alpha value is -1.16. The van der Waals surface area contributed by atoms with Crippen LogP contribution in [0.5, 0.6) is 0 Å². The number of hydrogen-bond donors (Lipinski definition) is 2. The predicted octanol–water partition coefficient (Wildman–Crippen LogP) is 23.8. The first-order valence-corrected chi connectivity index (χ1v) is 34.7. The lowest BCUT2D eigenvalue weighted by Crippen LogP contribution is -2.37. The van der Waals surface area contributed by atoms with Gasteiger partial charge in [-0.25, -0.2) is 0 Å². The average molecular weight is 1040 g/mol. The van der Waals surface area contributed by atoms with E-state index in [9.17, 15) is 14.7 Å². The fourth-order valence-corrected chi connectivity index (χ4v) is 11.3. The third kappa shape index (κ3) is 63.4. The second-order valence-corrected chi connectivity index (χ2v) is 24.2. The number of rotatable bonds is 66. The van der Waals surface area contributed by atoms with E-state index >= 15 is 0 Å². The topological polar surface area (TPSA) is 66.4 Å². The summed E-state index contributed by atoms with van der Waals surface area (Å²) in [6.45, 7) is 4.65. The van der Waals surface area contributed by atoms with Crippen LogP contribution >= 0.6 is 0 Å². The van der Waals surface area contributed by atoms with Crippen molar-refractivity contribution in [1.82, 2.24) is 5.32 Å². The van der Waals surface area contributed by atoms with Gasteiger partial charge in [0.1, 0.15) is 5.78 Å². The van der Waals surface area contributed by atoms with Crippen molar-refractivity contribution >= 4 is 11.7 Å². The lowest BCUT2D eigenvalue weighted by Gasteiger charge is -2.16. The normalized spacial score (nSPS) is 12.1. The molecule has 4 nitrogen and oxygen atoms in total. The van der Waals surface area contributed by atoms with Crippen LogP contribution in [0.2, 0.25) is 0 Å². The first-order chi connectivity index (χ1) is 36.6. The van der Waals surface area contributed by atoms with Crippen LogP contribution in [0.25, 0.3) is 0 Å². The van der Waals surface area contributed by atoms with Crippen molar-refractivity contribution in [3.05, 3.63) is 12.2 Å². The van der Waals surface area contributed by atoms with E-state index in [4.69, 9.17) is 0 Å². The van der Waals surface area contributed by atoms with Crippen LogP contribution in [0.4, 0.5) is 0 Å². The maximum absolute atomic E-state index is 12.5. The maximum atomic E-state index is 12.5. The molecule has 0 saturated carbocycles. The van der Waals surface area contributed by atoms with Crippen LogP contribution in [-0.4, -0.2) is 29.4 Å². The molecule has 0 aliphatic carbocycles. The van der Waals surface area contributed by atoms with Crippen molar-refractivity contribution in [3.8, 4) is 0 Å². The van der Waals surface area contributed by atoms with Crippen LogP contribution in [0.3, 0.4) is 0 Å². The molecule has 440 valence electrons. The predicted molar refractivity (Wildman–Crippen MR) is 331 cm³/mol. The highest BCUT2D eigenvalue weighted by molar-refractivity contribution is 5.78. The Morgan fingerprint density at radius 3 is 0.770 bits per heavy atom. The van der Waals surface area contributed by atoms with Gasteiger partial charge in [0.25, 0.3) is 0 Å². The van der Waals surface area contributed by atoms with Gasteiger partial charge >= 0.3 is 0 Å². The third-order valence-corrected chi connectivity index (χ3v) is 16.6. The molecular formula is C70H137NO3. The number of unbranched alkanes of at least 4 members (excludes halogenated alkanes) is 54. The number of hydrogen-bond acceptors (Lipinski definition) is 3. The molecule has 0 aromatic carbocycles. The largest absolute Gasteiger partial charge is 0.394 e. The molecule has 0 unspecified atom stereocenters. The first-order valence-electron chi connectivity index (χ1n) is 34.7. The van der Waals surface area contributed by atoms with Crippen molar-refractivity contribution in [3.63, 3.8) is 0 Å². The monoisotopic (exact) mass is 1040 g/mol. The number of amides is 1. The van der Waals surface area contributed by atoms with Crippen LogP contribution in [-0.2, 0) is 9.59 Å². The van der Waals surface area contributed by atoms with Gasteiger partial charge in [-0.15, -0.1) is 0 Å². The second kappa shape index (κ2) is 66.1. The Kier molecular flexibility index (Phi) is 65.1. The summed E-state index contributed by atoms with van der Waals surface area (Å²) in [4.78, 5) is 24.8. The van der Waals surface area contributed by atoms with Gasteiger partial charge in [0.2, 0.25) is 5.91 Å². The van der Waals surface area contributed by atoms with E-state index in [1.54, 1.807) is 0 Å². The molecule has 1 atom stereocenters. The molecule has 0 aliphatic rings. The molecule has 0 fully saturated rings. The van der Waals surface area contributed by atoms with E-state index in [2.05, 4.69) is 31.3 Å². The van der Waals surface area contributed by atoms with Gasteiger partial charge in [0, 0.05) is 19.3 Å². The number of allylic oxidation sites excluding steroid dienone is 2. The Balaban J connectivity index is 3.27. The number of Topliss-reactive ketones (excluding diaryl/α,β-unsaturated/α-hetero) is 1. The number of carbonyl (C=O) groups is 2. The van der Waals surface area contributed by atoms with Gasteiger partial charge in [-0.05, 0) is 51.4 Å². The van der Waals surface area contributed by atoms with Crippen molar-refractivity contribution in [2.75, 3.05) is 6.61 Å². The smallest absolute Gasteiger partial charge is 0.220 e. The first kappa shape index (κ1) is 72.8. The number of ketones is 1. The summed E-state index contributed by atoms with van der Waals surface area (Å²) in [6.07, 6.45) is 86.7. The van der Waals surface area contributed by atoms with Gasteiger partial charge in [0.15, 0.2) is 0 Å². The zero-order valence-electron chi connectivity index (χ0n) is 51.0. The fourth-order valence-electron chi connectivity index (χ4n) is 11.3. The molecule has 0 aromatic heterocycles. The number of nitrogens with one attached hydrogen (secondary N) is 1. The molecule has 0 radical (unpaired) electrons. The standard InChI is InChI=1S/C70H137NO3/c1-3-5-7-9-11-13-15-17-19-20-30-33-36-40-44-48-52-56-60-64-69(73)65-61-57-53-49-45-41-37-34-31-28-26-24-22-21-23-25-27-29-32-35-38-42-46-50-54-58-62-66-70(74)71-68(67-72)63-59-55-51-47-43-39-18-16-14-12-10-8-6-4-2/h17,19,68,72H,3-16,18,20-67H2,1-2H3,(H,71,74)/t68-/m1/s1. The zero-order chi connectivity index (χ0) is 53.4. The molecular weight excluding hydrogens is 903 g/mol. The minimum absolute atomic E-state index is 0.0594. The number of carbonyl (C=O) groups excluding carboxylic acids is 2. The summed E-state index contributed by atoms with van der Waals surface area (Å²) in [7, 11) is 0. The number of aliphatic hydroxyl groups is 1. The van der Waals surface area contributed by atoms with Gasteiger partial charge < -0.3 is 10.4 Å². The summed E-state index contributed by atoms with van der Waals surface area (Å²) in [5, 5.41) is 12.9. The van der Waals surface area contributed by atoms with Crippen molar-refractivity contribution < 1.29 is 14.7 Å². The highest BCUT2D eigenvalue weighted by Gasteiger charge is 2.11. The maximum Gasteiger partial charge on any atom is 0.220 e. The Morgan fingerprint density at radius 1 is 0.297 bits per heavy atom. The summed E-state index contributed by atoms with van der Waals surface area (Å²) in [5.74, 6) is 0.656. The minimum atomic E-state index is -0.0594. The molecule has 0 bridgehead atoms. The fraction of sp³-hybridized carbons (Fsp3) is 0.943. The summed E-state index contributed by atoms with van der Waals surface area (Å²) < 4.78 is 0. The van der Waals surface area contributed by atoms with Crippen LogP contribution in [0.15, 0.2) is 12.2 Å². The molecule has 0 spiro atoms.